The first-order chi connectivity index (χ1) is 13.6. The molecule has 3 unspecified atom stereocenters. The summed E-state index contributed by atoms with van der Waals surface area (Å²) in [6.45, 7) is 2.99. The molecule has 1 aromatic heterocycles. The number of anilines is 1. The van der Waals surface area contributed by atoms with Crippen LogP contribution in [0.2, 0.25) is 0 Å². The summed E-state index contributed by atoms with van der Waals surface area (Å²) in [6.07, 6.45) is 5.23. The number of aromatic amines is 1. The Labute approximate surface area is 172 Å². The summed E-state index contributed by atoms with van der Waals surface area (Å²) in [5.41, 5.74) is 0.600. The van der Waals surface area contributed by atoms with Gasteiger partial charge in [-0.15, -0.1) is 23.5 Å². The number of nitrogens with zero attached hydrogens (tertiary/aromatic N) is 2. The lowest BCUT2D eigenvalue weighted by molar-refractivity contribution is -0.139. The van der Waals surface area contributed by atoms with Crippen molar-refractivity contribution in [2.75, 3.05) is 38.3 Å². The van der Waals surface area contributed by atoms with Crippen molar-refractivity contribution in [3.63, 3.8) is 0 Å². The van der Waals surface area contributed by atoms with Crippen molar-refractivity contribution >= 4 is 41.2 Å². The van der Waals surface area contributed by atoms with Crippen molar-refractivity contribution in [2.45, 2.75) is 35.0 Å². The van der Waals surface area contributed by atoms with Crippen LogP contribution in [0.5, 0.6) is 5.75 Å². The van der Waals surface area contributed by atoms with Gasteiger partial charge in [0.1, 0.15) is 17.6 Å². The van der Waals surface area contributed by atoms with Gasteiger partial charge in [-0.1, -0.05) is 0 Å². The van der Waals surface area contributed by atoms with Gasteiger partial charge >= 0.3 is 5.97 Å². The second kappa shape index (κ2) is 7.26. The van der Waals surface area contributed by atoms with Crippen LogP contribution in [0.15, 0.2) is 17.2 Å². The van der Waals surface area contributed by atoms with E-state index in [1.165, 1.54) is 12.1 Å². The number of methoxy groups -OCH3 is 1. The quantitative estimate of drug-likeness (QED) is 0.752. The fraction of sp³-hybridized carbons (Fsp3) is 0.579. The number of hydrogen-bond acceptors (Lipinski definition) is 7. The summed E-state index contributed by atoms with van der Waals surface area (Å²) in [6, 6.07) is 1.84. The molecule has 5 heterocycles. The molecule has 0 aromatic carbocycles. The third-order valence-corrected chi connectivity index (χ3v) is 8.72. The van der Waals surface area contributed by atoms with Gasteiger partial charge in [-0.05, 0) is 25.3 Å². The van der Waals surface area contributed by atoms with Gasteiger partial charge in [0.25, 0.3) is 5.91 Å². The Kier molecular flexibility index (Phi) is 4.74. The number of carbonyl (C=O) groups excluding carboxylic acids is 2. The van der Waals surface area contributed by atoms with Gasteiger partial charge in [0, 0.05) is 29.7 Å². The lowest BCUT2D eigenvalue weighted by Gasteiger charge is -2.29. The maximum atomic E-state index is 12.7. The Hall–Kier alpha value is -1.74. The summed E-state index contributed by atoms with van der Waals surface area (Å²) in [4.78, 5) is 32.0. The molecule has 0 spiro atoms. The summed E-state index contributed by atoms with van der Waals surface area (Å²) in [7, 11) is 1.45. The first kappa shape index (κ1) is 18.3. The molecular formula is C19H23N3O4S2. The van der Waals surface area contributed by atoms with E-state index in [9.17, 15) is 9.59 Å². The zero-order valence-corrected chi connectivity index (χ0v) is 17.3. The Balaban J connectivity index is 1.35. The molecule has 7 nitrogen and oxygen atoms in total. The van der Waals surface area contributed by atoms with Crippen LogP contribution in [-0.4, -0.2) is 70.9 Å². The normalized spacial score (nSPS) is 28.6. The molecule has 0 bridgehead atoms. The number of H-pyrrole nitrogens is 1. The van der Waals surface area contributed by atoms with Crippen LogP contribution in [-0.2, 0) is 9.53 Å². The van der Waals surface area contributed by atoms with E-state index in [4.69, 9.17) is 9.47 Å². The number of hydrogen-bond donors (Lipinski definition) is 1. The van der Waals surface area contributed by atoms with E-state index in [1.54, 1.807) is 11.8 Å². The number of ether oxygens (including phenoxy) is 2. The van der Waals surface area contributed by atoms with Crippen molar-refractivity contribution in [3.8, 4) is 5.75 Å². The maximum absolute atomic E-state index is 12.7. The number of rotatable bonds is 3. The predicted octanol–water partition coefficient (Wildman–Crippen LogP) is 2.45. The molecule has 2 fully saturated rings. The number of fused-ring (bicyclic) bond motifs is 2. The third-order valence-electron chi connectivity index (χ3n) is 5.67. The van der Waals surface area contributed by atoms with Crippen molar-refractivity contribution in [1.82, 2.24) is 9.88 Å². The number of amides is 1. The molecular weight excluding hydrogens is 398 g/mol. The second-order valence-electron chi connectivity index (χ2n) is 7.40. The molecule has 5 rings (SSSR count). The van der Waals surface area contributed by atoms with Gasteiger partial charge in [-0.25, -0.2) is 0 Å². The number of esters is 1. The highest BCUT2D eigenvalue weighted by Gasteiger charge is 2.44. The molecule has 4 aliphatic heterocycles. The zero-order valence-electron chi connectivity index (χ0n) is 15.7. The highest BCUT2D eigenvalue weighted by Crippen LogP contribution is 2.51. The summed E-state index contributed by atoms with van der Waals surface area (Å²) in [5.74, 6) is 1.53. The summed E-state index contributed by atoms with van der Waals surface area (Å²) < 4.78 is 10.7. The molecule has 150 valence electrons. The van der Waals surface area contributed by atoms with Crippen molar-refractivity contribution in [1.29, 1.82) is 0 Å². The van der Waals surface area contributed by atoms with E-state index in [2.05, 4.69) is 16.0 Å². The van der Waals surface area contributed by atoms with E-state index in [0.29, 0.717) is 22.8 Å². The lowest BCUT2D eigenvalue weighted by atomic mass is 10.2. The van der Waals surface area contributed by atoms with Gasteiger partial charge in [-0.3, -0.25) is 9.59 Å². The predicted molar refractivity (Wildman–Crippen MR) is 110 cm³/mol. The van der Waals surface area contributed by atoms with E-state index in [-0.39, 0.29) is 17.1 Å². The maximum Gasteiger partial charge on any atom is 0.318 e. The van der Waals surface area contributed by atoms with Gasteiger partial charge in [0.15, 0.2) is 11.6 Å². The van der Waals surface area contributed by atoms with Crippen LogP contribution in [0.25, 0.3) is 0 Å². The Bertz CT molecular complexity index is 833. The Morgan fingerprint density at radius 3 is 2.86 bits per heavy atom. The SMILES string of the molecule is COC(=O)C1CC2SC(N3CCOc4cc(C(=O)N5CCCC5)[nH]c43)=CC2S1. The number of thioether (sulfide) groups is 2. The van der Waals surface area contributed by atoms with Gasteiger partial charge in [0.05, 0.1) is 18.7 Å². The minimum absolute atomic E-state index is 0.0526. The van der Waals surface area contributed by atoms with E-state index in [0.717, 1.165) is 50.5 Å². The summed E-state index contributed by atoms with van der Waals surface area (Å²) >= 11 is 3.50. The van der Waals surface area contributed by atoms with Crippen LogP contribution in [0.1, 0.15) is 29.8 Å². The average Bonchev–Trinajstić information content (AvgIpc) is 3.48. The molecule has 1 amide bonds. The van der Waals surface area contributed by atoms with Crippen molar-refractivity contribution in [3.05, 3.63) is 22.9 Å². The molecule has 1 N–H and O–H groups in total. The highest BCUT2D eigenvalue weighted by molar-refractivity contribution is 8.08. The molecule has 28 heavy (non-hydrogen) atoms. The van der Waals surface area contributed by atoms with Crippen LogP contribution < -0.4 is 9.64 Å². The molecule has 9 heteroatoms. The van der Waals surface area contributed by atoms with E-state index >= 15 is 0 Å². The van der Waals surface area contributed by atoms with Crippen LogP contribution >= 0.6 is 23.5 Å². The fourth-order valence-electron chi connectivity index (χ4n) is 4.23. The van der Waals surface area contributed by atoms with Gasteiger partial charge < -0.3 is 24.3 Å². The van der Waals surface area contributed by atoms with Crippen LogP contribution in [0.4, 0.5) is 5.82 Å². The second-order valence-corrected chi connectivity index (χ2v) is 10.0. The average molecular weight is 422 g/mol. The molecule has 4 aliphatic rings. The van der Waals surface area contributed by atoms with Crippen LogP contribution in [0.3, 0.4) is 0 Å². The third kappa shape index (κ3) is 3.08. The van der Waals surface area contributed by atoms with Crippen molar-refractivity contribution in [2.24, 2.45) is 0 Å². The molecule has 0 saturated carbocycles. The molecule has 0 radical (unpaired) electrons. The number of likely N-dealkylation sites (tertiary alicyclic amines) is 1. The zero-order chi connectivity index (χ0) is 19.3. The molecule has 0 aliphatic carbocycles. The number of nitrogens with one attached hydrogen (secondary N) is 1. The summed E-state index contributed by atoms with van der Waals surface area (Å²) in [5, 5.41) is 1.81. The lowest BCUT2D eigenvalue weighted by Crippen LogP contribution is -2.31. The number of aromatic nitrogens is 1. The number of carbonyl (C=O) groups is 2. The Morgan fingerprint density at radius 2 is 2.11 bits per heavy atom. The Morgan fingerprint density at radius 1 is 1.29 bits per heavy atom. The minimum Gasteiger partial charge on any atom is -0.488 e. The topological polar surface area (TPSA) is 74.9 Å². The standard InChI is InChI=1S/C19H23N3O4S2/c1-25-19(24)15-9-13-14(27-15)10-16(28-13)22-6-7-26-12-8-11(20-17(12)22)18(23)21-4-2-3-5-21/h8,10,13-15,20H,2-7,9H2,1H3. The largest absolute Gasteiger partial charge is 0.488 e. The molecule has 2 saturated heterocycles. The van der Waals surface area contributed by atoms with Gasteiger partial charge in [-0.2, -0.15) is 0 Å². The molecule has 3 atom stereocenters. The van der Waals surface area contributed by atoms with E-state index < -0.39 is 0 Å². The smallest absolute Gasteiger partial charge is 0.318 e. The fourth-order valence-corrected chi connectivity index (χ4v) is 7.54. The first-order valence-corrected chi connectivity index (χ1v) is 11.5. The first-order valence-electron chi connectivity index (χ1n) is 9.68. The highest BCUT2D eigenvalue weighted by atomic mass is 32.2. The van der Waals surface area contributed by atoms with Gasteiger partial charge in [0.2, 0.25) is 0 Å². The van der Waals surface area contributed by atoms with Crippen molar-refractivity contribution < 1.29 is 19.1 Å². The van der Waals surface area contributed by atoms with Crippen LogP contribution in [0, 0.1) is 0 Å². The van der Waals surface area contributed by atoms with E-state index in [1.807, 2.05) is 22.7 Å². The molecule has 1 aromatic rings. The minimum atomic E-state index is -0.127. The monoisotopic (exact) mass is 421 g/mol.